The van der Waals surface area contributed by atoms with E-state index in [1.54, 1.807) is 23.0 Å². The van der Waals surface area contributed by atoms with Crippen molar-refractivity contribution in [2.45, 2.75) is 17.9 Å². The molecule has 140 valence electrons. The summed E-state index contributed by atoms with van der Waals surface area (Å²) in [6, 6.07) is 7.22. The molecule has 9 heteroatoms. The van der Waals surface area contributed by atoms with E-state index in [2.05, 4.69) is 15.0 Å². The van der Waals surface area contributed by atoms with Crippen molar-refractivity contribution in [3.8, 4) is 0 Å². The van der Waals surface area contributed by atoms with Crippen molar-refractivity contribution in [2.75, 3.05) is 10.0 Å². The molecule has 3 aromatic rings. The van der Waals surface area contributed by atoms with Crippen LogP contribution in [0.1, 0.15) is 11.1 Å². The van der Waals surface area contributed by atoms with Crippen LogP contribution in [0.3, 0.4) is 0 Å². The molecule has 2 aromatic carbocycles. The topological polar surface area (TPSA) is 54.0 Å². The fraction of sp³-hybridized carbons (Fsp3) is 0.111. The Morgan fingerprint density at radius 2 is 2.07 bits per heavy atom. The van der Waals surface area contributed by atoms with Gasteiger partial charge in [-0.15, -0.1) is 11.3 Å². The Labute approximate surface area is 168 Å². The molecule has 0 aliphatic heterocycles. The number of aldehydes is 1. The first kappa shape index (κ1) is 19.6. The zero-order valence-corrected chi connectivity index (χ0v) is 16.2. The molecule has 0 saturated carbocycles. The Bertz CT molecular complexity index is 939. The molecule has 1 aromatic heterocycles. The number of carbonyl (C=O) groups excluding carboxylic acids is 1. The van der Waals surface area contributed by atoms with E-state index < -0.39 is 11.6 Å². The van der Waals surface area contributed by atoms with Crippen molar-refractivity contribution in [3.05, 3.63) is 69.0 Å². The van der Waals surface area contributed by atoms with Crippen molar-refractivity contribution < 1.29 is 13.6 Å². The molecule has 2 N–H and O–H groups in total. The average Bonchev–Trinajstić information content (AvgIpc) is 3.17. The lowest BCUT2D eigenvalue weighted by Gasteiger charge is -2.12. The highest BCUT2D eigenvalue weighted by Crippen LogP contribution is 2.32. The first-order valence-electron chi connectivity index (χ1n) is 7.81. The highest BCUT2D eigenvalue weighted by Gasteiger charge is 2.11. The second kappa shape index (κ2) is 9.16. The molecule has 0 aliphatic carbocycles. The molecule has 0 bridgehead atoms. The van der Waals surface area contributed by atoms with Gasteiger partial charge in [-0.3, -0.25) is 0 Å². The largest absolute Gasteiger partial charge is 0.380 e. The van der Waals surface area contributed by atoms with E-state index in [4.69, 9.17) is 11.6 Å². The van der Waals surface area contributed by atoms with Gasteiger partial charge in [0.2, 0.25) is 0 Å². The Kier molecular flexibility index (Phi) is 6.65. The van der Waals surface area contributed by atoms with E-state index in [1.807, 2.05) is 0 Å². The Balaban J connectivity index is 1.69. The van der Waals surface area contributed by atoms with Crippen LogP contribution >= 0.6 is 34.9 Å². The van der Waals surface area contributed by atoms with Crippen LogP contribution in [0.5, 0.6) is 0 Å². The van der Waals surface area contributed by atoms with Crippen molar-refractivity contribution in [1.82, 2.24) is 4.98 Å². The van der Waals surface area contributed by atoms with Gasteiger partial charge in [-0.2, -0.15) is 0 Å². The van der Waals surface area contributed by atoms with E-state index in [9.17, 15) is 13.6 Å². The first-order valence-corrected chi connectivity index (χ1v) is 9.95. The number of hydrogen-bond donors (Lipinski definition) is 2. The van der Waals surface area contributed by atoms with Gasteiger partial charge in [0.15, 0.2) is 0 Å². The van der Waals surface area contributed by atoms with Gasteiger partial charge in [-0.25, -0.2) is 13.8 Å². The lowest BCUT2D eigenvalue weighted by Crippen LogP contribution is -2.04. The summed E-state index contributed by atoms with van der Waals surface area (Å²) in [5, 5.41) is 5.05. The van der Waals surface area contributed by atoms with E-state index in [1.165, 1.54) is 29.5 Å². The van der Waals surface area contributed by atoms with Gasteiger partial charge < -0.3 is 14.8 Å². The number of rotatable bonds is 8. The number of aromatic nitrogens is 1. The maximum atomic E-state index is 14.3. The number of thiazole rings is 1. The number of hydrogen-bond acceptors (Lipinski definition) is 6. The van der Waals surface area contributed by atoms with Gasteiger partial charge in [-0.05, 0) is 35.7 Å². The third-order valence-electron chi connectivity index (χ3n) is 3.62. The quantitative estimate of drug-likeness (QED) is 0.366. The molecule has 0 atom stereocenters. The zero-order valence-electron chi connectivity index (χ0n) is 13.8. The van der Waals surface area contributed by atoms with Gasteiger partial charge >= 0.3 is 0 Å². The molecular weight excluding hydrogens is 412 g/mol. The normalized spacial score (nSPS) is 10.6. The van der Waals surface area contributed by atoms with Crippen LogP contribution in [0.25, 0.3) is 0 Å². The predicted octanol–water partition coefficient (Wildman–Crippen LogP) is 5.55. The summed E-state index contributed by atoms with van der Waals surface area (Å²) >= 11 is 8.72. The standard InChI is InChI=1S/C18H14ClF2N3OS2/c19-13-6-17(27-24-18-9-26-10-23-18)15(21)7-16(13)22-8-12-5-11(3-4-25)1-2-14(12)20/h1-2,4-7,9-10,22,24H,3,8H2. The number of nitrogens with one attached hydrogen (secondary N) is 2. The molecule has 3 rings (SSSR count). The number of benzene rings is 2. The summed E-state index contributed by atoms with van der Waals surface area (Å²) < 4.78 is 31.2. The van der Waals surface area contributed by atoms with E-state index in [0.29, 0.717) is 32.6 Å². The van der Waals surface area contributed by atoms with Gasteiger partial charge in [0.25, 0.3) is 0 Å². The van der Waals surface area contributed by atoms with Crippen LogP contribution in [-0.2, 0) is 17.8 Å². The highest BCUT2D eigenvalue weighted by atomic mass is 35.5. The predicted molar refractivity (Wildman–Crippen MR) is 106 cm³/mol. The molecular formula is C18H14ClF2N3OS2. The van der Waals surface area contributed by atoms with E-state index in [-0.39, 0.29) is 13.0 Å². The van der Waals surface area contributed by atoms with Crippen molar-refractivity contribution >= 4 is 52.7 Å². The van der Waals surface area contributed by atoms with Crippen molar-refractivity contribution in [2.24, 2.45) is 0 Å². The third kappa shape index (κ3) is 5.18. The highest BCUT2D eigenvalue weighted by molar-refractivity contribution is 8.00. The Hall–Kier alpha value is -2.16. The lowest BCUT2D eigenvalue weighted by molar-refractivity contribution is -0.107. The third-order valence-corrected chi connectivity index (χ3v) is 5.36. The Morgan fingerprint density at radius 3 is 2.81 bits per heavy atom. The minimum Gasteiger partial charge on any atom is -0.380 e. The van der Waals surface area contributed by atoms with Crippen LogP contribution in [0, 0.1) is 11.6 Å². The molecule has 0 fully saturated rings. The monoisotopic (exact) mass is 425 g/mol. The number of nitrogens with zero attached hydrogens (tertiary/aromatic N) is 1. The first-order chi connectivity index (χ1) is 13.1. The molecule has 0 unspecified atom stereocenters. The summed E-state index contributed by atoms with van der Waals surface area (Å²) in [5.41, 5.74) is 3.10. The van der Waals surface area contributed by atoms with Crippen LogP contribution in [-0.4, -0.2) is 11.3 Å². The number of anilines is 2. The molecule has 0 saturated heterocycles. The van der Waals surface area contributed by atoms with Crippen LogP contribution < -0.4 is 10.0 Å². The van der Waals surface area contributed by atoms with Crippen LogP contribution in [0.15, 0.2) is 46.1 Å². The number of carbonyl (C=O) groups is 1. The lowest BCUT2D eigenvalue weighted by atomic mass is 10.1. The summed E-state index contributed by atoms with van der Waals surface area (Å²) in [4.78, 5) is 15.0. The second-order valence-corrected chi connectivity index (χ2v) is 7.46. The summed E-state index contributed by atoms with van der Waals surface area (Å²) in [6.07, 6.45) is 0.966. The van der Waals surface area contributed by atoms with Gasteiger partial charge in [0.05, 0.1) is 21.1 Å². The summed E-state index contributed by atoms with van der Waals surface area (Å²) in [7, 11) is 0. The fourth-order valence-electron chi connectivity index (χ4n) is 2.29. The van der Waals surface area contributed by atoms with Crippen molar-refractivity contribution in [1.29, 1.82) is 0 Å². The molecule has 0 spiro atoms. The molecule has 4 nitrogen and oxygen atoms in total. The zero-order chi connectivity index (χ0) is 19.2. The average molecular weight is 426 g/mol. The minimum atomic E-state index is -0.468. The second-order valence-electron chi connectivity index (χ2n) is 5.49. The molecule has 1 heterocycles. The smallest absolute Gasteiger partial charge is 0.147 e. The summed E-state index contributed by atoms with van der Waals surface area (Å²) in [6.45, 7) is 0.112. The maximum absolute atomic E-state index is 14.3. The van der Waals surface area contributed by atoms with E-state index >= 15 is 0 Å². The minimum absolute atomic E-state index is 0.112. The molecule has 0 amide bonds. The fourth-order valence-corrected chi connectivity index (χ4v) is 3.80. The van der Waals surface area contributed by atoms with Gasteiger partial charge in [0.1, 0.15) is 23.7 Å². The molecule has 0 aliphatic rings. The van der Waals surface area contributed by atoms with Crippen LogP contribution in [0.2, 0.25) is 5.02 Å². The van der Waals surface area contributed by atoms with Gasteiger partial charge in [-0.1, -0.05) is 23.7 Å². The maximum Gasteiger partial charge on any atom is 0.147 e. The van der Waals surface area contributed by atoms with Crippen molar-refractivity contribution in [3.63, 3.8) is 0 Å². The van der Waals surface area contributed by atoms with Gasteiger partial charge in [0, 0.05) is 23.9 Å². The molecule has 0 radical (unpaired) electrons. The summed E-state index contributed by atoms with van der Waals surface area (Å²) in [5.74, 6) is -0.244. The Morgan fingerprint density at radius 1 is 1.22 bits per heavy atom. The van der Waals surface area contributed by atoms with E-state index in [0.717, 1.165) is 18.2 Å². The van der Waals surface area contributed by atoms with Crippen LogP contribution in [0.4, 0.5) is 20.3 Å². The SMILES string of the molecule is O=CCc1ccc(F)c(CNc2cc(F)c(SNc3cscn3)cc2Cl)c1. The molecule has 27 heavy (non-hydrogen) atoms. The number of halogens is 3.